The molecular weight excluding hydrogens is 348 g/mol. The Balaban J connectivity index is 1.83. The number of carbonyl (C=O) groups is 2. The standard InChI is InChI=1S/C13H11ClN2O4S2/c14-10-2-1-9(22-10)11-15-7(6-21-11)12(17)16-3-4-20-5-8(16)13(18)19/h1-2,6,8H,3-5H2,(H,18,19). The number of aromatic nitrogens is 1. The maximum absolute atomic E-state index is 12.5. The number of hydrogen-bond donors (Lipinski definition) is 1. The molecule has 0 radical (unpaired) electrons. The van der Waals surface area contributed by atoms with Crippen LogP contribution in [0.4, 0.5) is 0 Å². The molecule has 6 nitrogen and oxygen atoms in total. The fourth-order valence-corrected chi connectivity index (χ4v) is 4.02. The van der Waals surface area contributed by atoms with Crippen molar-refractivity contribution in [1.29, 1.82) is 0 Å². The van der Waals surface area contributed by atoms with Crippen LogP contribution in [-0.2, 0) is 9.53 Å². The lowest BCUT2D eigenvalue weighted by Gasteiger charge is -2.32. The molecule has 116 valence electrons. The minimum Gasteiger partial charge on any atom is -0.480 e. The summed E-state index contributed by atoms with van der Waals surface area (Å²) in [7, 11) is 0. The van der Waals surface area contributed by atoms with E-state index in [2.05, 4.69) is 4.98 Å². The molecule has 0 aromatic carbocycles. The smallest absolute Gasteiger partial charge is 0.328 e. The number of nitrogens with zero attached hydrogens (tertiary/aromatic N) is 2. The molecule has 1 fully saturated rings. The molecule has 0 spiro atoms. The molecule has 22 heavy (non-hydrogen) atoms. The average molecular weight is 359 g/mol. The highest BCUT2D eigenvalue weighted by Crippen LogP contribution is 2.33. The third-order valence-electron chi connectivity index (χ3n) is 3.18. The van der Waals surface area contributed by atoms with E-state index in [-0.39, 0.29) is 24.8 Å². The first-order valence-electron chi connectivity index (χ1n) is 6.39. The van der Waals surface area contributed by atoms with E-state index in [1.165, 1.54) is 27.6 Å². The van der Waals surface area contributed by atoms with Crippen LogP contribution in [0.5, 0.6) is 0 Å². The number of aliphatic carboxylic acids is 1. The molecule has 1 aliphatic heterocycles. The average Bonchev–Trinajstić information content (AvgIpc) is 3.15. The second-order valence-electron chi connectivity index (χ2n) is 4.57. The molecule has 9 heteroatoms. The van der Waals surface area contributed by atoms with Crippen molar-refractivity contribution in [3.63, 3.8) is 0 Å². The van der Waals surface area contributed by atoms with Gasteiger partial charge in [0, 0.05) is 11.9 Å². The Kier molecular flexibility index (Phi) is 4.44. The zero-order valence-corrected chi connectivity index (χ0v) is 13.6. The van der Waals surface area contributed by atoms with Crippen molar-refractivity contribution in [1.82, 2.24) is 9.88 Å². The van der Waals surface area contributed by atoms with E-state index in [1.54, 1.807) is 11.4 Å². The second-order valence-corrected chi connectivity index (χ2v) is 7.14. The van der Waals surface area contributed by atoms with Crippen LogP contribution in [-0.4, -0.2) is 52.7 Å². The first-order valence-corrected chi connectivity index (χ1v) is 8.46. The predicted molar refractivity (Wildman–Crippen MR) is 83.7 cm³/mol. The summed E-state index contributed by atoms with van der Waals surface area (Å²) < 4.78 is 5.78. The number of carboxylic acids is 1. The summed E-state index contributed by atoms with van der Waals surface area (Å²) in [6.07, 6.45) is 0. The Morgan fingerprint density at radius 2 is 2.27 bits per heavy atom. The van der Waals surface area contributed by atoms with Gasteiger partial charge < -0.3 is 14.7 Å². The number of hydrogen-bond acceptors (Lipinski definition) is 6. The Labute approximate surface area is 138 Å². The highest BCUT2D eigenvalue weighted by Gasteiger charge is 2.34. The van der Waals surface area contributed by atoms with Gasteiger partial charge in [-0.3, -0.25) is 4.79 Å². The van der Waals surface area contributed by atoms with Crippen LogP contribution < -0.4 is 0 Å². The monoisotopic (exact) mass is 358 g/mol. The number of rotatable bonds is 3. The third-order valence-corrected chi connectivity index (χ3v) is 5.42. The molecule has 1 saturated heterocycles. The molecule has 0 bridgehead atoms. The predicted octanol–water partition coefficient (Wildman–Crippen LogP) is 2.45. The quantitative estimate of drug-likeness (QED) is 0.911. The number of morpholine rings is 1. The summed E-state index contributed by atoms with van der Waals surface area (Å²) in [6.45, 7) is 0.569. The molecule has 3 heterocycles. The number of amides is 1. The van der Waals surface area contributed by atoms with Crippen molar-refractivity contribution < 1.29 is 19.4 Å². The molecule has 3 rings (SSSR count). The number of halogens is 1. The molecule has 2 aromatic rings. The zero-order valence-electron chi connectivity index (χ0n) is 11.2. The lowest BCUT2D eigenvalue weighted by molar-refractivity contribution is -0.147. The number of carboxylic acid groups (broad SMARTS) is 1. The zero-order chi connectivity index (χ0) is 15.7. The van der Waals surface area contributed by atoms with E-state index in [0.29, 0.717) is 16.0 Å². The lowest BCUT2D eigenvalue weighted by Crippen LogP contribution is -2.52. The van der Waals surface area contributed by atoms with E-state index in [0.717, 1.165) is 4.88 Å². The molecule has 0 aliphatic carbocycles. The van der Waals surface area contributed by atoms with Crippen LogP contribution in [0.2, 0.25) is 4.34 Å². The topological polar surface area (TPSA) is 79.7 Å². The van der Waals surface area contributed by atoms with Gasteiger partial charge in [0.05, 0.1) is 22.4 Å². The van der Waals surface area contributed by atoms with Crippen LogP contribution in [0.25, 0.3) is 9.88 Å². The summed E-state index contributed by atoms with van der Waals surface area (Å²) in [5, 5.41) is 11.5. The van der Waals surface area contributed by atoms with Crippen molar-refractivity contribution in [3.8, 4) is 9.88 Å². The molecule has 1 unspecified atom stereocenters. The normalized spacial score (nSPS) is 18.4. The van der Waals surface area contributed by atoms with Crippen molar-refractivity contribution in [3.05, 3.63) is 27.5 Å². The molecule has 1 N–H and O–H groups in total. The number of carbonyl (C=O) groups excluding carboxylic acids is 1. The van der Waals surface area contributed by atoms with Crippen LogP contribution >= 0.6 is 34.3 Å². The molecule has 2 aromatic heterocycles. The Morgan fingerprint density at radius 3 is 2.95 bits per heavy atom. The van der Waals surface area contributed by atoms with Gasteiger partial charge in [-0.1, -0.05) is 11.6 Å². The fourth-order valence-electron chi connectivity index (χ4n) is 2.11. The largest absolute Gasteiger partial charge is 0.480 e. The SMILES string of the molecule is O=C(O)C1COCCN1C(=O)c1csc(-c2ccc(Cl)s2)n1. The van der Waals surface area contributed by atoms with Gasteiger partial charge in [-0.2, -0.15) is 0 Å². The molecule has 1 aliphatic rings. The van der Waals surface area contributed by atoms with E-state index >= 15 is 0 Å². The second kappa shape index (κ2) is 6.33. The Morgan fingerprint density at radius 1 is 1.45 bits per heavy atom. The van der Waals surface area contributed by atoms with Crippen molar-refractivity contribution >= 4 is 46.2 Å². The minimum absolute atomic E-state index is 0.00139. The number of thiazole rings is 1. The van der Waals surface area contributed by atoms with Gasteiger partial charge in [-0.25, -0.2) is 9.78 Å². The third kappa shape index (κ3) is 3.00. The summed E-state index contributed by atoms with van der Waals surface area (Å²) in [5.74, 6) is -1.46. The van der Waals surface area contributed by atoms with Crippen LogP contribution in [0.1, 0.15) is 10.5 Å². The van der Waals surface area contributed by atoms with Crippen molar-refractivity contribution in [2.24, 2.45) is 0 Å². The maximum Gasteiger partial charge on any atom is 0.328 e. The molecule has 0 saturated carbocycles. The fraction of sp³-hybridized carbons (Fsp3) is 0.308. The maximum atomic E-state index is 12.5. The van der Waals surface area contributed by atoms with E-state index in [4.69, 9.17) is 16.3 Å². The summed E-state index contributed by atoms with van der Waals surface area (Å²) in [5.41, 5.74) is 0.248. The van der Waals surface area contributed by atoms with Crippen LogP contribution in [0, 0.1) is 0 Å². The van der Waals surface area contributed by atoms with Crippen LogP contribution in [0.15, 0.2) is 17.5 Å². The lowest BCUT2D eigenvalue weighted by atomic mass is 10.2. The highest BCUT2D eigenvalue weighted by atomic mass is 35.5. The summed E-state index contributed by atoms with van der Waals surface area (Å²) in [6, 6.07) is 2.64. The van der Waals surface area contributed by atoms with E-state index < -0.39 is 12.0 Å². The van der Waals surface area contributed by atoms with Gasteiger partial charge in [0.1, 0.15) is 10.7 Å². The van der Waals surface area contributed by atoms with E-state index in [1.807, 2.05) is 6.07 Å². The van der Waals surface area contributed by atoms with E-state index in [9.17, 15) is 14.7 Å². The summed E-state index contributed by atoms with van der Waals surface area (Å²) >= 11 is 8.61. The van der Waals surface area contributed by atoms with Gasteiger partial charge in [0.2, 0.25) is 0 Å². The van der Waals surface area contributed by atoms with Crippen LogP contribution in [0.3, 0.4) is 0 Å². The molecule has 1 amide bonds. The molecular formula is C13H11ClN2O4S2. The Bertz CT molecular complexity index is 714. The van der Waals surface area contributed by atoms with Gasteiger partial charge in [-0.15, -0.1) is 22.7 Å². The summed E-state index contributed by atoms with van der Waals surface area (Å²) in [4.78, 5) is 30.2. The Hall–Kier alpha value is -1.48. The molecule has 1 atom stereocenters. The first kappa shape index (κ1) is 15.4. The minimum atomic E-state index is -1.08. The van der Waals surface area contributed by atoms with Gasteiger partial charge >= 0.3 is 5.97 Å². The highest BCUT2D eigenvalue weighted by molar-refractivity contribution is 7.23. The van der Waals surface area contributed by atoms with Crippen molar-refractivity contribution in [2.75, 3.05) is 19.8 Å². The van der Waals surface area contributed by atoms with Gasteiger partial charge in [0.15, 0.2) is 6.04 Å². The van der Waals surface area contributed by atoms with Gasteiger partial charge in [-0.05, 0) is 12.1 Å². The first-order chi connectivity index (χ1) is 10.6. The van der Waals surface area contributed by atoms with Crippen molar-refractivity contribution in [2.45, 2.75) is 6.04 Å². The number of ether oxygens (including phenoxy) is 1. The van der Waals surface area contributed by atoms with Gasteiger partial charge in [0.25, 0.3) is 5.91 Å². The number of thiophene rings is 1.